The predicted octanol–water partition coefficient (Wildman–Crippen LogP) is 11.6. The van der Waals surface area contributed by atoms with Gasteiger partial charge < -0.3 is 67.3 Å². The third-order valence-electron chi connectivity index (χ3n) is 17.0. The molecule has 0 aromatic heterocycles. The van der Waals surface area contributed by atoms with Gasteiger partial charge in [0, 0.05) is 18.2 Å². The lowest BCUT2D eigenvalue weighted by molar-refractivity contribution is 0.00578. The second kappa shape index (κ2) is 29.9. The zero-order valence-electron chi connectivity index (χ0n) is 55.5. The summed E-state index contributed by atoms with van der Waals surface area (Å²) in [6.07, 6.45) is 0. The molecule has 8 aromatic rings. The van der Waals surface area contributed by atoms with Crippen LogP contribution in [0.25, 0.3) is 0 Å². The molecule has 11 rings (SSSR count). The molecule has 0 atom stereocenters. The number of phenols is 1. The van der Waals surface area contributed by atoms with E-state index in [4.69, 9.17) is 62.2 Å². The van der Waals surface area contributed by atoms with Crippen molar-refractivity contribution >= 4 is 62.9 Å². The number of halogens is 4. The van der Waals surface area contributed by atoms with Crippen LogP contribution in [0, 0.1) is 51.0 Å². The maximum Gasteiger partial charge on any atom is 0.494 e. The van der Waals surface area contributed by atoms with Crippen LogP contribution in [0.2, 0.25) is 0 Å². The van der Waals surface area contributed by atoms with E-state index in [2.05, 4.69) is 0 Å². The van der Waals surface area contributed by atoms with E-state index >= 15 is 0 Å². The summed E-state index contributed by atoms with van der Waals surface area (Å²) in [5.41, 5.74) is 3.45. The lowest BCUT2D eigenvalue weighted by Crippen LogP contribution is -2.41. The van der Waals surface area contributed by atoms with Crippen LogP contribution >= 0.6 is 0 Å². The van der Waals surface area contributed by atoms with Crippen LogP contribution in [0.3, 0.4) is 0 Å². The van der Waals surface area contributed by atoms with Crippen molar-refractivity contribution < 1.29 is 84.9 Å². The topological polar surface area (TPSA) is 184 Å². The Morgan fingerprint density at radius 3 is 0.763 bits per heavy atom. The number of aromatic hydroxyl groups is 1. The average molecular weight is 1280 g/mol. The number of rotatable bonds is 11. The molecule has 0 unspecified atom stereocenters. The lowest BCUT2D eigenvalue weighted by Gasteiger charge is -2.32. The number of benzene rings is 8. The van der Waals surface area contributed by atoms with E-state index < -0.39 is 34.3 Å². The molecule has 0 aliphatic carbocycles. The predicted molar refractivity (Wildman–Crippen MR) is 359 cm³/mol. The van der Waals surface area contributed by atoms with Gasteiger partial charge in [-0.15, -0.1) is 0 Å². The first-order chi connectivity index (χ1) is 43.3. The van der Waals surface area contributed by atoms with E-state index in [0.717, 1.165) is 22.5 Å². The van der Waals surface area contributed by atoms with Crippen LogP contribution in [-0.2, 0) is 27.9 Å². The summed E-state index contributed by atoms with van der Waals surface area (Å²) in [7, 11) is -4.26. The maximum atomic E-state index is 13.6. The van der Waals surface area contributed by atoms with Gasteiger partial charge in [-0.1, -0.05) is 78.9 Å². The number of hydrogen-bond acceptors (Lipinski definition) is 14. The van der Waals surface area contributed by atoms with Gasteiger partial charge in [-0.3, -0.25) is 0 Å². The summed E-state index contributed by atoms with van der Waals surface area (Å²) < 4.78 is 106. The number of phenolic OH excluding ortho intramolecular Hbond substituents is 1. The minimum Gasteiger partial charge on any atom is -0.508 e. The molecule has 3 fully saturated rings. The molecule has 23 heteroatoms. The van der Waals surface area contributed by atoms with E-state index in [1.54, 1.807) is 88.4 Å². The smallest absolute Gasteiger partial charge is 0.494 e. The van der Waals surface area contributed by atoms with Crippen molar-refractivity contribution in [2.45, 2.75) is 144 Å². The second-order valence-corrected chi connectivity index (χ2v) is 25.9. The van der Waals surface area contributed by atoms with Gasteiger partial charge in [0.05, 0.1) is 33.6 Å². The molecular formula is C70H81B5F4O14. The van der Waals surface area contributed by atoms with E-state index in [-0.39, 0.29) is 69.4 Å². The molecule has 8 aromatic carbocycles. The first kappa shape index (κ1) is 73.0. The highest BCUT2D eigenvalue weighted by Crippen LogP contribution is 2.39. The molecule has 0 saturated carbocycles. The SMILES string of the molecule is CC1(C)OB(c2ccc(O)cc2)OC1(C)C.Cc1ccc(B(O)O)cc1F.Cc1ccc(Oc2ccc(B(O)O)cc2)cc1F.Cc1ccc(Oc2ccc(B3OC(C)(C)C(C)(C)O3)cc2)cc1F.Cc1ccc(Oc2ccc(B3OC(C)(C)C(C)(C)O3)cc2)cc1F. The van der Waals surface area contributed by atoms with Crippen molar-refractivity contribution in [1.29, 1.82) is 0 Å². The molecule has 0 amide bonds. The molecule has 93 heavy (non-hydrogen) atoms. The van der Waals surface area contributed by atoms with Crippen LogP contribution in [0.4, 0.5) is 17.6 Å². The van der Waals surface area contributed by atoms with Crippen molar-refractivity contribution in [2.75, 3.05) is 0 Å². The first-order valence-corrected chi connectivity index (χ1v) is 30.3. The van der Waals surface area contributed by atoms with Gasteiger partial charge in [0.25, 0.3) is 0 Å². The maximum absolute atomic E-state index is 13.6. The van der Waals surface area contributed by atoms with Crippen molar-refractivity contribution in [2.24, 2.45) is 0 Å². The first-order valence-electron chi connectivity index (χ1n) is 30.3. The molecule has 0 bridgehead atoms. The largest absolute Gasteiger partial charge is 0.508 e. The molecule has 3 saturated heterocycles. The number of aryl methyl sites for hydroxylation is 4. The Morgan fingerprint density at radius 2 is 0.516 bits per heavy atom. The van der Waals surface area contributed by atoms with Crippen LogP contribution < -0.4 is 41.5 Å². The van der Waals surface area contributed by atoms with Gasteiger partial charge in [0.1, 0.15) is 63.5 Å². The molecule has 0 spiro atoms. The molecule has 3 aliphatic rings. The fourth-order valence-corrected chi connectivity index (χ4v) is 8.75. The Kier molecular flexibility index (Phi) is 23.5. The summed E-state index contributed by atoms with van der Waals surface area (Å²) in [5, 5.41) is 44.4. The highest BCUT2D eigenvalue weighted by molar-refractivity contribution is 6.63. The Hall–Kier alpha value is -7.40. The molecular weight excluding hydrogens is 1190 g/mol. The normalized spacial score (nSPS) is 16.6. The fourth-order valence-electron chi connectivity index (χ4n) is 8.75. The van der Waals surface area contributed by atoms with Crippen molar-refractivity contribution in [3.05, 3.63) is 215 Å². The van der Waals surface area contributed by atoms with E-state index in [1.807, 2.05) is 144 Å². The van der Waals surface area contributed by atoms with Crippen LogP contribution in [0.1, 0.15) is 105 Å². The van der Waals surface area contributed by atoms with Crippen LogP contribution in [0.15, 0.2) is 170 Å². The highest BCUT2D eigenvalue weighted by atomic mass is 19.1. The highest BCUT2D eigenvalue weighted by Gasteiger charge is 2.54. The molecule has 0 radical (unpaired) electrons. The Bertz CT molecular complexity index is 3600. The molecule has 3 heterocycles. The van der Waals surface area contributed by atoms with Gasteiger partial charge >= 0.3 is 35.6 Å². The Labute approximate surface area is 545 Å². The zero-order chi connectivity index (χ0) is 68.6. The van der Waals surface area contributed by atoms with E-state index in [9.17, 15) is 22.7 Å². The summed E-state index contributed by atoms with van der Waals surface area (Å²) in [5.74, 6) is 2.08. The van der Waals surface area contributed by atoms with Gasteiger partial charge in [0.15, 0.2) is 0 Å². The molecule has 5 N–H and O–H groups in total. The summed E-state index contributed by atoms with van der Waals surface area (Å²) in [6.45, 7) is 31.0. The third kappa shape index (κ3) is 19.2. The van der Waals surface area contributed by atoms with Gasteiger partial charge in [-0.2, -0.15) is 0 Å². The lowest BCUT2D eigenvalue weighted by atomic mass is 9.79. The number of hydrogen-bond donors (Lipinski definition) is 5. The minimum atomic E-state index is -1.59. The second-order valence-electron chi connectivity index (χ2n) is 25.9. The molecule has 14 nitrogen and oxygen atoms in total. The average Bonchev–Trinajstić information content (AvgIpc) is 1.65. The molecule has 3 aliphatic heterocycles. The van der Waals surface area contributed by atoms with Gasteiger partial charge in [-0.05, 0) is 233 Å². The van der Waals surface area contributed by atoms with E-state index in [1.165, 1.54) is 42.5 Å². The minimum absolute atomic E-state index is 0.174. The quantitative estimate of drug-likeness (QED) is 0.0609. The van der Waals surface area contributed by atoms with Crippen molar-refractivity contribution in [1.82, 2.24) is 0 Å². The third-order valence-corrected chi connectivity index (χ3v) is 17.0. The summed E-state index contributed by atoms with van der Waals surface area (Å²) >= 11 is 0. The fraction of sp³-hybridized carbons (Fsp3) is 0.314. The van der Waals surface area contributed by atoms with Crippen LogP contribution in [0.5, 0.6) is 40.2 Å². The monoisotopic (exact) mass is 1280 g/mol. The Morgan fingerprint density at radius 1 is 0.301 bits per heavy atom. The van der Waals surface area contributed by atoms with Gasteiger partial charge in [-0.25, -0.2) is 17.6 Å². The van der Waals surface area contributed by atoms with E-state index in [0.29, 0.717) is 62.2 Å². The standard InChI is InChI=1S/2C19H22BFO3.C13H12BFO3.C12H17BO3.C7H8BFO2/c2*1-13-6-9-16(12-17(13)21)22-15-10-7-14(8-11-15)20-23-18(2,3)19(4,5)24-20;1-9-2-5-12(8-13(9)15)18-11-6-3-10(4-7-11)14(16)17;1-11(2)12(3,4)16-13(15-11)9-5-7-10(14)8-6-9;1-5-2-3-6(8(10)11)4-7(5)9/h2*6-12H,1-5H3;2-8,16-17H,1H3;5-8,14H,1-4H3;2-4,10-11H,1H3. The summed E-state index contributed by atoms with van der Waals surface area (Å²) in [4.78, 5) is 0. The number of ether oxygens (including phenoxy) is 3. The van der Waals surface area contributed by atoms with Crippen LogP contribution in [-0.4, -0.2) is 94.4 Å². The molecule has 488 valence electrons. The van der Waals surface area contributed by atoms with Gasteiger partial charge in [0.2, 0.25) is 0 Å². The van der Waals surface area contributed by atoms with Crippen molar-refractivity contribution in [3.8, 4) is 40.2 Å². The zero-order valence-corrected chi connectivity index (χ0v) is 55.5. The summed E-state index contributed by atoms with van der Waals surface area (Å²) in [6, 6.07) is 46.5. The Balaban J connectivity index is 0.000000169. The van der Waals surface area contributed by atoms with Crippen molar-refractivity contribution in [3.63, 3.8) is 0 Å².